The van der Waals surface area contributed by atoms with E-state index in [2.05, 4.69) is 142 Å². The molecule has 2 aliphatic carbocycles. The molecular weight excluding hydrogens is 791 g/mol. The molecule has 0 unspecified atom stereocenters. The average molecular weight is 853 g/mol. The second kappa shape index (κ2) is 23.1. The summed E-state index contributed by atoms with van der Waals surface area (Å²) in [5.41, 5.74) is 9.56. The third-order valence-corrected chi connectivity index (χ3v) is 12.3. The Morgan fingerprint density at radius 1 is 0.500 bits per heavy atom. The maximum atomic E-state index is 3.06. The molecular formula is C50H62Cl2SiZr-4. The fraction of sp³-hybridized carbons (Fsp3) is 0.360. The van der Waals surface area contributed by atoms with Crippen LogP contribution in [0.5, 0.6) is 0 Å². The molecule has 8 rings (SSSR count). The van der Waals surface area contributed by atoms with Crippen LogP contribution in [0.2, 0.25) is 0 Å². The Kier molecular flexibility index (Phi) is 20.5. The van der Waals surface area contributed by atoms with Gasteiger partial charge in [0, 0.05) is 0 Å². The average Bonchev–Trinajstić information content (AvgIpc) is 3.80. The van der Waals surface area contributed by atoms with Crippen molar-refractivity contribution < 1.29 is 23.3 Å². The Labute approximate surface area is 358 Å². The fourth-order valence-corrected chi connectivity index (χ4v) is 9.32. The predicted molar refractivity (Wildman–Crippen MR) is 242 cm³/mol. The summed E-state index contributed by atoms with van der Waals surface area (Å²) in [6, 6.07) is 44.8. The molecule has 6 aromatic rings. The number of fused-ring (bicyclic) bond motifs is 2. The van der Waals surface area contributed by atoms with Crippen molar-refractivity contribution in [3.63, 3.8) is 0 Å². The Balaban J connectivity index is 0.000000334. The van der Waals surface area contributed by atoms with Crippen LogP contribution in [-0.2, 0) is 36.2 Å². The van der Waals surface area contributed by atoms with E-state index < -0.39 is 0 Å². The molecule has 0 aromatic heterocycles. The van der Waals surface area contributed by atoms with Crippen molar-refractivity contribution >= 4 is 53.2 Å². The summed E-state index contributed by atoms with van der Waals surface area (Å²) in [5.74, 6) is 0. The first kappa shape index (κ1) is 47.9. The van der Waals surface area contributed by atoms with E-state index in [1.807, 2.05) is 0 Å². The Morgan fingerprint density at radius 2 is 0.852 bits per heavy atom. The van der Waals surface area contributed by atoms with Crippen LogP contribution in [0.25, 0.3) is 43.8 Å². The van der Waals surface area contributed by atoms with Crippen molar-refractivity contribution in [2.45, 2.75) is 104 Å². The summed E-state index contributed by atoms with van der Waals surface area (Å²) in [7, 11) is 0. The van der Waals surface area contributed by atoms with Crippen molar-refractivity contribution in [3.05, 3.63) is 147 Å². The van der Waals surface area contributed by atoms with E-state index in [9.17, 15) is 0 Å². The van der Waals surface area contributed by atoms with E-state index in [-0.39, 0.29) is 39.7 Å². The van der Waals surface area contributed by atoms with Gasteiger partial charge in [0.25, 0.3) is 0 Å². The van der Waals surface area contributed by atoms with Crippen LogP contribution in [0.3, 0.4) is 0 Å². The molecule has 0 spiro atoms. The van der Waals surface area contributed by atoms with Crippen LogP contribution in [0.15, 0.2) is 121 Å². The molecule has 0 heterocycles. The SMILES string of the molecule is CCC1(Cc2cc3c(-c4ccccc4)cccc3[cH-]2)CCCCC1.CCC1(Cc2cc3c(-c4ccccc4)cccc3[cH-]2)CCCCC1.Cl.Cl.[CH3-].[CH3-].[Si]=[Zr]. The Morgan fingerprint density at radius 3 is 1.19 bits per heavy atom. The van der Waals surface area contributed by atoms with E-state index in [4.69, 9.17) is 0 Å². The van der Waals surface area contributed by atoms with E-state index in [1.165, 1.54) is 168 Å². The number of rotatable bonds is 8. The molecule has 288 valence electrons. The van der Waals surface area contributed by atoms with Crippen LogP contribution in [0.1, 0.15) is 102 Å². The van der Waals surface area contributed by atoms with Crippen molar-refractivity contribution in [2.24, 2.45) is 10.8 Å². The van der Waals surface area contributed by atoms with Gasteiger partial charge >= 0.3 is 30.2 Å². The topological polar surface area (TPSA) is 0 Å². The van der Waals surface area contributed by atoms with Gasteiger partial charge in [-0.3, -0.25) is 0 Å². The van der Waals surface area contributed by atoms with E-state index in [0.29, 0.717) is 10.8 Å². The van der Waals surface area contributed by atoms with Gasteiger partial charge in [-0.05, 0) is 60.5 Å². The number of hydrogen-bond acceptors (Lipinski definition) is 0. The minimum atomic E-state index is 0. The fourth-order valence-electron chi connectivity index (χ4n) is 9.32. The number of halogens is 2. The monoisotopic (exact) mass is 850 g/mol. The van der Waals surface area contributed by atoms with E-state index in [0.717, 1.165) is 0 Å². The molecule has 0 nitrogen and oxygen atoms in total. The molecule has 4 heteroatoms. The summed E-state index contributed by atoms with van der Waals surface area (Å²) >= 11 is 1.36. The van der Waals surface area contributed by atoms with Crippen LogP contribution in [0.4, 0.5) is 0 Å². The summed E-state index contributed by atoms with van der Waals surface area (Å²) in [6.07, 6.45) is 19.4. The zero-order valence-corrected chi connectivity index (χ0v) is 38.4. The van der Waals surface area contributed by atoms with Gasteiger partial charge in [-0.25, -0.2) is 0 Å². The first-order valence-electron chi connectivity index (χ1n) is 19.3. The summed E-state index contributed by atoms with van der Waals surface area (Å²) < 4.78 is 0. The second-order valence-electron chi connectivity index (χ2n) is 15.3. The third kappa shape index (κ3) is 11.4. The van der Waals surface area contributed by atoms with Crippen LogP contribution >= 0.6 is 24.8 Å². The second-order valence-corrected chi connectivity index (χ2v) is 15.3. The molecule has 0 aliphatic heterocycles. The molecule has 54 heavy (non-hydrogen) atoms. The van der Waals surface area contributed by atoms with Crippen molar-refractivity contribution in [1.29, 1.82) is 0 Å². The summed E-state index contributed by atoms with van der Waals surface area (Å²) in [6.45, 7) is 7.85. The van der Waals surface area contributed by atoms with Crippen molar-refractivity contribution in [3.8, 4) is 22.3 Å². The molecule has 2 saturated carbocycles. The third-order valence-electron chi connectivity index (χ3n) is 12.3. The molecule has 2 radical (unpaired) electrons. The molecule has 6 aromatic carbocycles. The molecule has 2 fully saturated rings. The summed E-state index contributed by atoms with van der Waals surface area (Å²) in [4.78, 5) is 0. The standard InChI is InChI=1S/2C24H27.2CH3.2ClH.Si.Zr/c2*1-2-24(14-7-4-8-15-24)18-19-16-21-12-9-13-22(23(21)17-19)20-10-5-3-6-11-20;;;;;;/h2*3,5-6,9-13,16-17H,2,4,7-8,14-15,18H2,1H3;2*1H3;2*1H;;/q4*-1;;;;. The summed E-state index contributed by atoms with van der Waals surface area (Å²) in [5, 5.41) is 5.63. The Bertz CT molecular complexity index is 1790. The maximum absolute atomic E-state index is 3.06. The van der Waals surface area contributed by atoms with Gasteiger partial charge in [-0.15, -0.1) is 93.9 Å². The van der Waals surface area contributed by atoms with Gasteiger partial charge in [0.15, 0.2) is 0 Å². The van der Waals surface area contributed by atoms with Gasteiger partial charge in [0.2, 0.25) is 0 Å². The molecule has 0 amide bonds. The molecule has 0 N–H and O–H groups in total. The zero-order valence-electron chi connectivity index (χ0n) is 33.3. The van der Waals surface area contributed by atoms with Gasteiger partial charge in [0.05, 0.1) is 0 Å². The van der Waals surface area contributed by atoms with Crippen molar-refractivity contribution in [2.75, 3.05) is 0 Å². The quantitative estimate of drug-likeness (QED) is 0.106. The number of benzene rings is 4. The Hall–Kier alpha value is -2.22. The van der Waals surface area contributed by atoms with Crippen LogP contribution in [0, 0.1) is 25.7 Å². The minimum absolute atomic E-state index is 0. The molecule has 0 bridgehead atoms. The zero-order chi connectivity index (χ0) is 34.8. The predicted octanol–water partition coefficient (Wildman–Crippen LogP) is 15.6. The van der Waals surface area contributed by atoms with Gasteiger partial charge < -0.3 is 14.9 Å². The van der Waals surface area contributed by atoms with Crippen LogP contribution in [-0.4, -0.2) is 6.88 Å². The normalized spacial score (nSPS) is 15.4. The van der Waals surface area contributed by atoms with Crippen molar-refractivity contribution in [1.82, 2.24) is 0 Å². The molecule has 0 saturated heterocycles. The first-order chi connectivity index (χ1) is 24.6. The van der Waals surface area contributed by atoms with E-state index in [1.54, 1.807) is 0 Å². The van der Waals surface area contributed by atoms with E-state index >= 15 is 0 Å². The van der Waals surface area contributed by atoms with Gasteiger partial charge in [0.1, 0.15) is 0 Å². The van der Waals surface area contributed by atoms with Gasteiger partial charge in [-0.1, -0.05) is 149 Å². The number of hydrogen-bond donors (Lipinski definition) is 0. The molecule has 0 atom stereocenters. The molecule has 2 aliphatic rings. The van der Waals surface area contributed by atoms with Gasteiger partial charge in [-0.2, -0.15) is 12.1 Å². The first-order valence-corrected chi connectivity index (χ1v) is 23.5. The van der Waals surface area contributed by atoms with Crippen LogP contribution < -0.4 is 0 Å².